The standard InChI is InChI=1S/C20H29N3O5.C3H8.C2H6/c1-13(25)16-11-14-10-15(27-9-7-23(4)5)12-17(18(14)21-16)22-19(26)28-20(2,3)6-8-24;1-3-2;1-2/h10-12,21,24H,6-9H2,1-5H3,(H,22,26);3H2,1-2H3;1-2H3. The van der Waals surface area contributed by atoms with Crippen molar-refractivity contribution in [3.8, 4) is 5.75 Å². The van der Waals surface area contributed by atoms with Crippen LogP contribution in [0.3, 0.4) is 0 Å². The summed E-state index contributed by atoms with van der Waals surface area (Å²) in [5.74, 6) is 0.470. The van der Waals surface area contributed by atoms with Crippen LogP contribution in [-0.2, 0) is 4.74 Å². The number of nitrogens with zero attached hydrogens (tertiary/aromatic N) is 1. The van der Waals surface area contributed by atoms with Crippen LogP contribution < -0.4 is 10.1 Å². The van der Waals surface area contributed by atoms with Crippen LogP contribution in [0.25, 0.3) is 10.9 Å². The third kappa shape index (κ3) is 11.2. The number of Topliss-reactive ketones (excluding diaryl/α,β-unsaturated/α-hetero) is 1. The van der Waals surface area contributed by atoms with Crippen molar-refractivity contribution in [2.24, 2.45) is 0 Å². The van der Waals surface area contributed by atoms with Crippen LogP contribution in [0.5, 0.6) is 5.75 Å². The van der Waals surface area contributed by atoms with Crippen LogP contribution in [0.1, 0.15) is 71.8 Å². The quantitative estimate of drug-likeness (QED) is 0.425. The van der Waals surface area contributed by atoms with E-state index in [2.05, 4.69) is 24.1 Å². The number of benzene rings is 1. The average Bonchev–Trinajstić information content (AvgIpc) is 3.14. The number of ketones is 1. The molecule has 1 heterocycles. The Hall–Kier alpha value is -2.58. The second-order valence-electron chi connectivity index (χ2n) is 8.28. The second kappa shape index (κ2) is 15.3. The van der Waals surface area contributed by atoms with Gasteiger partial charge in [0.2, 0.25) is 0 Å². The molecule has 8 nitrogen and oxygen atoms in total. The van der Waals surface area contributed by atoms with Gasteiger partial charge in [-0.25, -0.2) is 4.79 Å². The van der Waals surface area contributed by atoms with Crippen molar-refractivity contribution in [2.45, 2.75) is 66.9 Å². The summed E-state index contributed by atoms with van der Waals surface area (Å²) in [5, 5.41) is 12.6. The summed E-state index contributed by atoms with van der Waals surface area (Å²) in [5.41, 5.74) is 0.701. The minimum atomic E-state index is -0.807. The van der Waals surface area contributed by atoms with E-state index in [1.165, 1.54) is 13.3 Å². The summed E-state index contributed by atoms with van der Waals surface area (Å²) >= 11 is 0. The van der Waals surface area contributed by atoms with E-state index in [1.54, 1.807) is 26.0 Å². The Morgan fingerprint density at radius 3 is 2.27 bits per heavy atom. The van der Waals surface area contributed by atoms with Crippen molar-refractivity contribution in [1.82, 2.24) is 9.88 Å². The topological polar surface area (TPSA) is 104 Å². The minimum Gasteiger partial charge on any atom is -0.492 e. The summed E-state index contributed by atoms with van der Waals surface area (Å²) in [6.45, 7) is 14.3. The van der Waals surface area contributed by atoms with Gasteiger partial charge in [-0.15, -0.1) is 0 Å². The fraction of sp³-hybridized carbons (Fsp3) is 0.600. The molecule has 8 heteroatoms. The molecule has 0 aliphatic carbocycles. The highest BCUT2D eigenvalue weighted by Crippen LogP contribution is 2.30. The van der Waals surface area contributed by atoms with E-state index in [-0.39, 0.29) is 12.4 Å². The maximum absolute atomic E-state index is 12.4. The number of likely N-dealkylation sites (N-methyl/N-ethyl adjacent to an activating group) is 1. The predicted octanol–water partition coefficient (Wildman–Crippen LogP) is 5.46. The average molecular weight is 466 g/mol. The molecule has 3 N–H and O–H groups in total. The van der Waals surface area contributed by atoms with Gasteiger partial charge in [0.25, 0.3) is 0 Å². The van der Waals surface area contributed by atoms with E-state index in [0.29, 0.717) is 35.7 Å². The lowest BCUT2D eigenvalue weighted by molar-refractivity contribution is 0.0295. The van der Waals surface area contributed by atoms with Crippen LogP contribution in [0.2, 0.25) is 0 Å². The lowest BCUT2D eigenvalue weighted by Gasteiger charge is -2.24. The number of aromatic nitrogens is 1. The number of fused-ring (bicyclic) bond motifs is 1. The SMILES string of the molecule is CC.CC(=O)c1cc2cc(OCCN(C)C)cc(NC(=O)OC(C)(C)CCO)c2[nH]1.CCC. The number of H-pyrrole nitrogens is 1. The Morgan fingerprint density at radius 2 is 1.76 bits per heavy atom. The highest BCUT2D eigenvalue weighted by Gasteiger charge is 2.23. The number of hydrogen-bond donors (Lipinski definition) is 3. The molecule has 0 aliphatic rings. The molecule has 0 saturated heterocycles. The number of anilines is 1. The molecule has 1 amide bonds. The first-order valence-corrected chi connectivity index (χ1v) is 11.6. The van der Waals surface area contributed by atoms with Gasteiger partial charge in [0, 0.05) is 37.9 Å². The number of carbonyl (C=O) groups excluding carboxylic acids is 2. The van der Waals surface area contributed by atoms with Crippen molar-refractivity contribution < 1.29 is 24.2 Å². The number of rotatable bonds is 9. The van der Waals surface area contributed by atoms with E-state index < -0.39 is 11.7 Å². The Kier molecular flexibility index (Phi) is 14.1. The van der Waals surface area contributed by atoms with E-state index >= 15 is 0 Å². The zero-order valence-corrected chi connectivity index (χ0v) is 21.8. The molecule has 1 aromatic carbocycles. The highest BCUT2D eigenvalue weighted by molar-refractivity contribution is 6.04. The van der Waals surface area contributed by atoms with Crippen molar-refractivity contribution in [1.29, 1.82) is 0 Å². The molecule has 0 aliphatic heterocycles. The third-order valence-corrected chi connectivity index (χ3v) is 4.21. The number of aliphatic hydroxyl groups excluding tert-OH is 1. The summed E-state index contributed by atoms with van der Waals surface area (Å²) in [7, 11) is 3.91. The molecule has 33 heavy (non-hydrogen) atoms. The lowest BCUT2D eigenvalue weighted by atomic mass is 10.1. The maximum atomic E-state index is 12.4. The van der Waals surface area contributed by atoms with Gasteiger partial charge in [0.05, 0.1) is 16.9 Å². The molecule has 2 aromatic rings. The van der Waals surface area contributed by atoms with Gasteiger partial charge < -0.3 is 24.5 Å². The molecule has 0 fully saturated rings. The van der Waals surface area contributed by atoms with Crippen LogP contribution in [0.15, 0.2) is 18.2 Å². The molecule has 0 bridgehead atoms. The number of aliphatic hydroxyl groups is 1. The molecule has 1 aromatic heterocycles. The third-order valence-electron chi connectivity index (χ3n) is 4.21. The van der Waals surface area contributed by atoms with E-state index in [4.69, 9.17) is 14.6 Å². The van der Waals surface area contributed by atoms with E-state index in [0.717, 1.165) is 11.9 Å². The summed E-state index contributed by atoms with van der Waals surface area (Å²) < 4.78 is 11.2. The Bertz CT molecular complexity index is 859. The monoisotopic (exact) mass is 465 g/mol. The molecule has 188 valence electrons. The Morgan fingerprint density at radius 1 is 1.15 bits per heavy atom. The van der Waals surface area contributed by atoms with Gasteiger partial charge in [-0.3, -0.25) is 10.1 Å². The molecule has 0 atom stereocenters. The van der Waals surface area contributed by atoms with Gasteiger partial charge in [-0.1, -0.05) is 34.1 Å². The molecule has 2 rings (SSSR count). The molecule has 0 saturated carbocycles. The normalized spacial score (nSPS) is 10.6. The van der Waals surface area contributed by atoms with Crippen molar-refractivity contribution in [3.63, 3.8) is 0 Å². The first-order valence-electron chi connectivity index (χ1n) is 11.6. The lowest BCUT2D eigenvalue weighted by Crippen LogP contribution is -2.31. The van der Waals surface area contributed by atoms with Gasteiger partial charge in [-0.2, -0.15) is 0 Å². The predicted molar refractivity (Wildman–Crippen MR) is 136 cm³/mol. The fourth-order valence-corrected chi connectivity index (χ4v) is 2.64. The van der Waals surface area contributed by atoms with Gasteiger partial charge >= 0.3 is 6.09 Å². The maximum Gasteiger partial charge on any atom is 0.412 e. The summed E-state index contributed by atoms with van der Waals surface area (Å²) in [6, 6.07) is 5.24. The molecule has 0 unspecified atom stereocenters. The molecule has 0 spiro atoms. The highest BCUT2D eigenvalue weighted by atomic mass is 16.6. The number of hydrogen-bond acceptors (Lipinski definition) is 6. The van der Waals surface area contributed by atoms with Crippen LogP contribution in [0.4, 0.5) is 10.5 Å². The van der Waals surface area contributed by atoms with E-state index in [1.807, 2.05) is 38.9 Å². The molecule has 0 radical (unpaired) electrons. The summed E-state index contributed by atoms with van der Waals surface area (Å²) in [4.78, 5) is 29.1. The van der Waals surface area contributed by atoms with Gasteiger partial charge in [-0.05, 0) is 40.1 Å². The first kappa shape index (κ1) is 30.4. The number of amides is 1. The number of nitrogens with one attached hydrogen (secondary N) is 2. The smallest absolute Gasteiger partial charge is 0.412 e. The van der Waals surface area contributed by atoms with Gasteiger partial charge in [0.15, 0.2) is 5.78 Å². The van der Waals surface area contributed by atoms with Crippen LogP contribution in [-0.4, -0.2) is 66.3 Å². The fourth-order valence-electron chi connectivity index (χ4n) is 2.64. The number of ether oxygens (including phenoxy) is 2. The zero-order chi connectivity index (χ0) is 25.6. The molecular formula is C25H43N3O5. The van der Waals surface area contributed by atoms with E-state index in [9.17, 15) is 9.59 Å². The Balaban J connectivity index is 0.00000189. The zero-order valence-electron chi connectivity index (χ0n) is 21.8. The van der Waals surface area contributed by atoms with Gasteiger partial charge in [0.1, 0.15) is 18.0 Å². The van der Waals surface area contributed by atoms with Crippen LogP contribution in [0, 0.1) is 0 Å². The molecular weight excluding hydrogens is 422 g/mol. The number of carbonyl (C=O) groups is 2. The minimum absolute atomic E-state index is 0.0850. The van der Waals surface area contributed by atoms with Crippen molar-refractivity contribution >= 4 is 28.5 Å². The van der Waals surface area contributed by atoms with Crippen molar-refractivity contribution in [3.05, 3.63) is 23.9 Å². The first-order chi connectivity index (χ1) is 15.5. The van der Waals surface area contributed by atoms with Crippen molar-refractivity contribution in [2.75, 3.05) is 39.2 Å². The van der Waals surface area contributed by atoms with Crippen LogP contribution >= 0.6 is 0 Å². The second-order valence-corrected chi connectivity index (χ2v) is 8.28. The Labute approximate surface area is 198 Å². The largest absolute Gasteiger partial charge is 0.492 e. The summed E-state index contributed by atoms with van der Waals surface area (Å²) in [6.07, 6.45) is 0.921. The number of aromatic amines is 1.